The number of aromatic nitrogens is 1. The van der Waals surface area contributed by atoms with Gasteiger partial charge in [0, 0.05) is 37.7 Å². The smallest absolute Gasteiger partial charge is 0.139 e. The summed E-state index contributed by atoms with van der Waals surface area (Å²) in [5.41, 5.74) is 1.03. The number of hydrogen-bond donors (Lipinski definition) is 1. The molecule has 0 bridgehead atoms. The van der Waals surface area contributed by atoms with Crippen LogP contribution in [-0.4, -0.2) is 36.2 Å². The molecule has 4 heteroatoms. The number of nitrogens with one attached hydrogen (secondary N) is 1. The lowest BCUT2D eigenvalue weighted by Gasteiger charge is -2.14. The average Bonchev–Trinajstić information content (AvgIpc) is 2.96. The molecule has 0 aliphatic heterocycles. The molecule has 1 heterocycles. The van der Waals surface area contributed by atoms with Gasteiger partial charge in [-0.15, -0.1) is 0 Å². The molecule has 0 atom stereocenters. The van der Waals surface area contributed by atoms with Crippen LogP contribution in [0.5, 0.6) is 0 Å². The fourth-order valence-corrected chi connectivity index (χ4v) is 1.78. The zero-order chi connectivity index (χ0) is 12.3. The minimum atomic E-state index is 0.415. The topological polar surface area (TPSA) is 41.3 Å². The molecule has 1 aromatic rings. The highest BCUT2D eigenvalue weighted by molar-refractivity contribution is 5.08. The quantitative estimate of drug-likeness (QED) is 0.787. The van der Waals surface area contributed by atoms with Gasteiger partial charge in [-0.1, -0.05) is 19.0 Å². The van der Waals surface area contributed by atoms with Crippen LogP contribution in [0.4, 0.5) is 0 Å². The molecule has 2 rings (SSSR count). The van der Waals surface area contributed by atoms with Crippen molar-refractivity contribution in [1.29, 1.82) is 0 Å². The second-order valence-electron chi connectivity index (χ2n) is 5.34. The van der Waals surface area contributed by atoms with Gasteiger partial charge in [0.2, 0.25) is 0 Å². The molecular weight excluding hydrogens is 214 g/mol. The first-order valence-corrected chi connectivity index (χ1v) is 6.52. The van der Waals surface area contributed by atoms with E-state index in [-0.39, 0.29) is 0 Å². The van der Waals surface area contributed by atoms with Gasteiger partial charge in [-0.3, -0.25) is 4.90 Å². The van der Waals surface area contributed by atoms with E-state index < -0.39 is 0 Å². The highest BCUT2D eigenvalue weighted by Crippen LogP contribution is 2.18. The van der Waals surface area contributed by atoms with E-state index in [1.54, 1.807) is 0 Å². The summed E-state index contributed by atoms with van der Waals surface area (Å²) in [7, 11) is 2.12. The van der Waals surface area contributed by atoms with Gasteiger partial charge in [-0.2, -0.15) is 0 Å². The van der Waals surface area contributed by atoms with Gasteiger partial charge in [0.05, 0.1) is 5.69 Å². The van der Waals surface area contributed by atoms with E-state index in [2.05, 4.69) is 42.3 Å². The van der Waals surface area contributed by atoms with Crippen LogP contribution in [0.2, 0.25) is 0 Å². The molecule has 17 heavy (non-hydrogen) atoms. The first-order chi connectivity index (χ1) is 8.15. The Morgan fingerprint density at radius 3 is 2.88 bits per heavy atom. The second kappa shape index (κ2) is 5.65. The molecule has 0 radical (unpaired) electrons. The molecule has 96 valence electrons. The predicted octanol–water partition coefficient (Wildman–Crippen LogP) is 1.98. The van der Waals surface area contributed by atoms with E-state index in [0.717, 1.165) is 37.1 Å². The van der Waals surface area contributed by atoms with E-state index in [1.807, 2.05) is 0 Å². The van der Waals surface area contributed by atoms with Crippen molar-refractivity contribution in [2.75, 3.05) is 20.1 Å². The van der Waals surface area contributed by atoms with Gasteiger partial charge in [-0.05, 0) is 19.9 Å². The maximum absolute atomic E-state index is 5.29. The Kier molecular flexibility index (Phi) is 4.18. The van der Waals surface area contributed by atoms with Gasteiger partial charge >= 0.3 is 0 Å². The fourth-order valence-electron chi connectivity index (χ4n) is 1.78. The van der Waals surface area contributed by atoms with Crippen LogP contribution in [0.25, 0.3) is 0 Å². The molecule has 1 aliphatic carbocycles. The van der Waals surface area contributed by atoms with Gasteiger partial charge in [0.15, 0.2) is 0 Å². The lowest BCUT2D eigenvalue weighted by molar-refractivity contribution is 0.304. The van der Waals surface area contributed by atoms with Crippen molar-refractivity contribution in [1.82, 2.24) is 15.4 Å². The number of hydrogen-bond acceptors (Lipinski definition) is 4. The van der Waals surface area contributed by atoms with E-state index in [0.29, 0.717) is 5.92 Å². The molecule has 0 unspecified atom stereocenters. The summed E-state index contributed by atoms with van der Waals surface area (Å²) in [5.74, 6) is 1.39. The number of nitrogens with zero attached hydrogens (tertiary/aromatic N) is 2. The minimum Gasteiger partial charge on any atom is -0.361 e. The number of rotatable bonds is 7. The molecule has 0 spiro atoms. The molecule has 0 saturated heterocycles. The molecule has 1 fully saturated rings. The van der Waals surface area contributed by atoms with Crippen molar-refractivity contribution >= 4 is 0 Å². The highest BCUT2D eigenvalue weighted by atomic mass is 16.5. The van der Waals surface area contributed by atoms with Crippen molar-refractivity contribution in [2.45, 2.75) is 45.2 Å². The third-order valence-electron chi connectivity index (χ3n) is 3.08. The maximum atomic E-state index is 5.29. The molecule has 0 aromatic carbocycles. The monoisotopic (exact) mass is 237 g/mol. The number of likely N-dealkylation sites (N-methyl/N-ethyl adjacent to an activating group) is 1. The van der Waals surface area contributed by atoms with Crippen LogP contribution >= 0.6 is 0 Å². The first kappa shape index (κ1) is 12.6. The summed E-state index contributed by atoms with van der Waals surface area (Å²) in [6.07, 6.45) is 2.70. The van der Waals surface area contributed by atoms with Gasteiger partial charge in [0.25, 0.3) is 0 Å². The van der Waals surface area contributed by atoms with Crippen molar-refractivity contribution in [3.8, 4) is 0 Å². The third-order valence-corrected chi connectivity index (χ3v) is 3.08. The van der Waals surface area contributed by atoms with Gasteiger partial charge < -0.3 is 9.84 Å². The van der Waals surface area contributed by atoms with E-state index in [1.165, 1.54) is 12.8 Å². The molecule has 1 aromatic heterocycles. The second-order valence-corrected chi connectivity index (χ2v) is 5.34. The lowest BCUT2D eigenvalue weighted by Crippen LogP contribution is -2.30. The van der Waals surface area contributed by atoms with Crippen LogP contribution < -0.4 is 5.32 Å². The van der Waals surface area contributed by atoms with Gasteiger partial charge in [0.1, 0.15) is 5.76 Å². The minimum absolute atomic E-state index is 0.415. The van der Waals surface area contributed by atoms with Gasteiger partial charge in [-0.25, -0.2) is 0 Å². The Morgan fingerprint density at radius 1 is 1.53 bits per heavy atom. The Bertz CT molecular complexity index is 344. The van der Waals surface area contributed by atoms with Crippen molar-refractivity contribution < 1.29 is 4.52 Å². The Morgan fingerprint density at radius 2 is 2.29 bits per heavy atom. The molecule has 0 amide bonds. The highest BCUT2D eigenvalue weighted by Gasteiger charge is 2.19. The average molecular weight is 237 g/mol. The van der Waals surface area contributed by atoms with Crippen molar-refractivity contribution in [3.63, 3.8) is 0 Å². The summed E-state index contributed by atoms with van der Waals surface area (Å²) in [5, 5.41) is 7.61. The van der Waals surface area contributed by atoms with Crippen LogP contribution in [0.3, 0.4) is 0 Å². The summed E-state index contributed by atoms with van der Waals surface area (Å²) in [4.78, 5) is 2.28. The first-order valence-electron chi connectivity index (χ1n) is 6.52. The third kappa shape index (κ3) is 4.13. The Balaban J connectivity index is 1.70. The summed E-state index contributed by atoms with van der Waals surface area (Å²) >= 11 is 0. The van der Waals surface area contributed by atoms with Crippen LogP contribution in [0.1, 0.15) is 44.1 Å². The summed E-state index contributed by atoms with van der Waals surface area (Å²) in [6, 6.07) is 2.86. The van der Waals surface area contributed by atoms with Crippen LogP contribution in [0.15, 0.2) is 10.6 Å². The molecule has 4 nitrogen and oxygen atoms in total. The molecule has 1 N–H and O–H groups in total. The lowest BCUT2D eigenvalue weighted by atomic mass is 10.1. The Labute approximate surface area is 103 Å². The Hall–Kier alpha value is -0.870. The van der Waals surface area contributed by atoms with Crippen molar-refractivity contribution in [3.05, 3.63) is 17.5 Å². The summed E-state index contributed by atoms with van der Waals surface area (Å²) < 4.78 is 5.29. The van der Waals surface area contributed by atoms with E-state index in [9.17, 15) is 0 Å². The fraction of sp³-hybridized carbons (Fsp3) is 0.769. The standard InChI is InChI=1S/C13H23N3O/c1-10(2)13-8-12(15-17-13)9-16(3)7-6-14-11-4-5-11/h8,10-11,14H,4-7,9H2,1-3H3. The van der Waals surface area contributed by atoms with Crippen LogP contribution in [0, 0.1) is 0 Å². The molecular formula is C13H23N3O. The van der Waals surface area contributed by atoms with Crippen molar-refractivity contribution in [2.24, 2.45) is 0 Å². The zero-order valence-electron chi connectivity index (χ0n) is 11.1. The zero-order valence-corrected chi connectivity index (χ0v) is 11.1. The normalized spacial score (nSPS) is 16.1. The predicted molar refractivity (Wildman–Crippen MR) is 68.0 cm³/mol. The van der Waals surface area contributed by atoms with E-state index in [4.69, 9.17) is 4.52 Å². The van der Waals surface area contributed by atoms with E-state index >= 15 is 0 Å². The molecule has 1 saturated carbocycles. The largest absolute Gasteiger partial charge is 0.361 e. The maximum Gasteiger partial charge on any atom is 0.139 e. The SMILES string of the molecule is CC(C)c1cc(CN(C)CCNC2CC2)no1. The van der Waals surface area contributed by atoms with Crippen LogP contribution in [-0.2, 0) is 6.54 Å². The molecule has 1 aliphatic rings. The summed E-state index contributed by atoms with van der Waals surface area (Å²) in [6.45, 7) is 7.22.